The van der Waals surface area contributed by atoms with Crippen LogP contribution in [0.3, 0.4) is 0 Å². The van der Waals surface area contributed by atoms with Crippen molar-refractivity contribution in [2.75, 3.05) is 17.7 Å². The molecule has 1 amide bonds. The van der Waals surface area contributed by atoms with Gasteiger partial charge in [-0.15, -0.1) is 0 Å². The van der Waals surface area contributed by atoms with E-state index in [0.717, 1.165) is 42.5 Å². The van der Waals surface area contributed by atoms with E-state index in [1.165, 1.54) is 0 Å². The fourth-order valence-corrected chi connectivity index (χ4v) is 6.68. The van der Waals surface area contributed by atoms with Crippen LogP contribution in [0, 0.1) is 5.92 Å². The summed E-state index contributed by atoms with van der Waals surface area (Å²) >= 11 is 0. The maximum Gasteiger partial charge on any atom is 0.407 e. The molecule has 0 unspecified atom stereocenters. The minimum Gasteiger partial charge on any atom is -0.444 e. The van der Waals surface area contributed by atoms with Crippen LogP contribution in [0.25, 0.3) is 11.0 Å². The SMILES string of the molecule is CN(c1ncnc2[nH]ccc12)[C@H]1CC[C@H](CS(=O)(=O)NC2CC(NC(=O)OC(C)(C)C)C2)CC1. The Kier molecular flexibility index (Phi) is 7.04. The molecular weight excluding hydrogens is 456 g/mol. The first-order chi connectivity index (χ1) is 16.0. The van der Waals surface area contributed by atoms with Crippen LogP contribution in [0.5, 0.6) is 0 Å². The van der Waals surface area contributed by atoms with Crippen molar-refractivity contribution in [3.8, 4) is 0 Å². The molecule has 0 aliphatic heterocycles. The predicted octanol–water partition coefficient (Wildman–Crippen LogP) is 2.93. The van der Waals surface area contributed by atoms with E-state index in [2.05, 4.69) is 36.9 Å². The number of carbonyl (C=O) groups excluding carboxylic acids is 1. The maximum absolute atomic E-state index is 12.7. The van der Waals surface area contributed by atoms with Gasteiger partial charge in [-0.25, -0.2) is 27.9 Å². The number of rotatable bonds is 7. The standard InChI is InChI=1S/C23H36N6O4S/c1-23(2,3)33-22(30)27-16-11-17(12-16)28-34(31,32)13-15-5-7-18(8-6-15)29(4)21-19-9-10-24-20(19)25-14-26-21/h9-10,14-18,28H,5-8,11-13H2,1-4H3,(H,27,30)(H,24,25,26)/t15-,16?,17?,18-. The first-order valence-electron chi connectivity index (χ1n) is 12.0. The Morgan fingerprint density at radius 3 is 2.56 bits per heavy atom. The number of alkyl carbamates (subject to hydrolysis) is 1. The predicted molar refractivity (Wildman–Crippen MR) is 131 cm³/mol. The quantitative estimate of drug-likeness (QED) is 0.542. The number of carbonyl (C=O) groups is 1. The average molecular weight is 493 g/mol. The maximum atomic E-state index is 12.7. The molecule has 2 saturated carbocycles. The fraction of sp³-hybridized carbons (Fsp3) is 0.696. The molecule has 0 radical (unpaired) electrons. The molecule has 4 rings (SSSR count). The lowest BCUT2D eigenvalue weighted by Gasteiger charge is -2.37. The number of hydrogen-bond acceptors (Lipinski definition) is 7. The van der Waals surface area contributed by atoms with Crippen molar-refractivity contribution in [2.24, 2.45) is 5.92 Å². The van der Waals surface area contributed by atoms with Gasteiger partial charge < -0.3 is 19.9 Å². The van der Waals surface area contributed by atoms with Crippen LogP contribution in [0.15, 0.2) is 18.6 Å². The number of nitrogens with zero attached hydrogens (tertiary/aromatic N) is 3. The summed E-state index contributed by atoms with van der Waals surface area (Å²) < 4.78 is 33.5. The van der Waals surface area contributed by atoms with Gasteiger partial charge in [-0.05, 0) is 71.3 Å². The highest BCUT2D eigenvalue weighted by Crippen LogP contribution is 2.32. The van der Waals surface area contributed by atoms with Crippen LogP contribution in [-0.4, -0.2) is 66.0 Å². The van der Waals surface area contributed by atoms with Gasteiger partial charge in [-0.2, -0.15) is 0 Å². The summed E-state index contributed by atoms with van der Waals surface area (Å²) in [5.41, 5.74) is 0.272. The molecular formula is C23H36N6O4S. The van der Waals surface area contributed by atoms with Crippen molar-refractivity contribution in [3.63, 3.8) is 0 Å². The lowest BCUT2D eigenvalue weighted by atomic mass is 9.86. The van der Waals surface area contributed by atoms with Gasteiger partial charge in [0.25, 0.3) is 0 Å². The van der Waals surface area contributed by atoms with Gasteiger partial charge in [0, 0.05) is 31.4 Å². The summed E-state index contributed by atoms with van der Waals surface area (Å²) in [6.07, 6.45) is 7.74. The normalized spacial score (nSPS) is 25.5. The molecule has 0 saturated heterocycles. The lowest BCUT2D eigenvalue weighted by molar-refractivity contribution is 0.0470. The Bertz CT molecular complexity index is 1100. The second-order valence-electron chi connectivity index (χ2n) is 10.6. The molecule has 10 nitrogen and oxygen atoms in total. The van der Waals surface area contributed by atoms with Crippen LogP contribution < -0.4 is 14.9 Å². The minimum absolute atomic E-state index is 0.0539. The molecule has 11 heteroatoms. The van der Waals surface area contributed by atoms with Gasteiger partial charge in [0.05, 0.1) is 11.1 Å². The Morgan fingerprint density at radius 2 is 1.88 bits per heavy atom. The Labute approximate surface area is 201 Å². The smallest absolute Gasteiger partial charge is 0.407 e. The second-order valence-corrected chi connectivity index (χ2v) is 12.4. The molecule has 2 aromatic rings. The van der Waals surface area contributed by atoms with Crippen molar-refractivity contribution in [3.05, 3.63) is 18.6 Å². The largest absolute Gasteiger partial charge is 0.444 e. The molecule has 0 bridgehead atoms. The van der Waals surface area contributed by atoms with Crippen molar-refractivity contribution in [1.82, 2.24) is 25.0 Å². The van der Waals surface area contributed by atoms with Crippen LogP contribution in [0.1, 0.15) is 59.3 Å². The van der Waals surface area contributed by atoms with Gasteiger partial charge in [-0.1, -0.05) is 0 Å². The third-order valence-electron chi connectivity index (χ3n) is 6.69. The zero-order chi connectivity index (χ0) is 24.5. The summed E-state index contributed by atoms with van der Waals surface area (Å²) in [5.74, 6) is 1.21. The molecule has 0 spiro atoms. The van der Waals surface area contributed by atoms with E-state index in [1.54, 1.807) is 6.33 Å². The van der Waals surface area contributed by atoms with Crippen molar-refractivity contribution >= 4 is 33.0 Å². The molecule has 188 valence electrons. The highest BCUT2D eigenvalue weighted by molar-refractivity contribution is 7.89. The molecule has 2 aliphatic carbocycles. The van der Waals surface area contributed by atoms with E-state index in [1.807, 2.05) is 33.0 Å². The van der Waals surface area contributed by atoms with Crippen LogP contribution in [0.2, 0.25) is 0 Å². The molecule has 2 fully saturated rings. The third kappa shape index (κ3) is 6.18. The van der Waals surface area contributed by atoms with E-state index in [4.69, 9.17) is 4.74 Å². The number of nitrogens with one attached hydrogen (secondary N) is 3. The van der Waals surface area contributed by atoms with Gasteiger partial charge in [0.1, 0.15) is 23.4 Å². The van der Waals surface area contributed by atoms with Gasteiger partial charge in [0.2, 0.25) is 10.0 Å². The zero-order valence-electron chi connectivity index (χ0n) is 20.4. The second kappa shape index (κ2) is 9.69. The van der Waals surface area contributed by atoms with E-state index in [0.29, 0.717) is 18.9 Å². The Balaban J connectivity index is 1.20. The molecule has 2 aromatic heterocycles. The molecule has 2 aliphatic rings. The summed E-state index contributed by atoms with van der Waals surface area (Å²) in [6.45, 7) is 5.44. The number of ether oxygens (including phenoxy) is 1. The number of sulfonamides is 1. The van der Waals surface area contributed by atoms with Gasteiger partial charge in [-0.3, -0.25) is 0 Å². The average Bonchev–Trinajstić information content (AvgIpc) is 3.19. The Morgan fingerprint density at radius 1 is 1.18 bits per heavy atom. The molecule has 2 heterocycles. The first-order valence-corrected chi connectivity index (χ1v) is 13.6. The minimum atomic E-state index is -3.37. The van der Waals surface area contributed by atoms with Crippen molar-refractivity contribution in [1.29, 1.82) is 0 Å². The third-order valence-corrected chi connectivity index (χ3v) is 8.29. The highest BCUT2D eigenvalue weighted by Gasteiger charge is 2.35. The van der Waals surface area contributed by atoms with Crippen molar-refractivity contribution in [2.45, 2.75) is 83.0 Å². The number of anilines is 1. The lowest BCUT2D eigenvalue weighted by Crippen LogP contribution is -2.54. The molecule has 0 atom stereocenters. The first kappa shape index (κ1) is 24.7. The number of fused-ring (bicyclic) bond motifs is 1. The fourth-order valence-electron chi connectivity index (χ4n) is 4.93. The van der Waals surface area contributed by atoms with Crippen molar-refractivity contribution < 1.29 is 17.9 Å². The zero-order valence-corrected chi connectivity index (χ0v) is 21.2. The number of aromatic nitrogens is 3. The molecule has 34 heavy (non-hydrogen) atoms. The number of H-pyrrole nitrogens is 1. The van der Waals surface area contributed by atoms with Crippen LogP contribution in [-0.2, 0) is 14.8 Å². The van der Waals surface area contributed by atoms with E-state index in [-0.39, 0.29) is 23.8 Å². The van der Waals surface area contributed by atoms with E-state index >= 15 is 0 Å². The highest BCUT2D eigenvalue weighted by atomic mass is 32.2. The molecule has 0 aromatic carbocycles. The summed E-state index contributed by atoms with van der Waals surface area (Å²) in [4.78, 5) is 25.9. The monoisotopic (exact) mass is 492 g/mol. The van der Waals surface area contributed by atoms with E-state index < -0.39 is 21.7 Å². The number of aromatic amines is 1. The van der Waals surface area contributed by atoms with Crippen LogP contribution >= 0.6 is 0 Å². The number of hydrogen-bond donors (Lipinski definition) is 3. The van der Waals surface area contributed by atoms with Gasteiger partial charge in [0.15, 0.2) is 0 Å². The summed E-state index contributed by atoms with van der Waals surface area (Å²) in [7, 11) is -1.31. The van der Waals surface area contributed by atoms with Crippen LogP contribution in [0.4, 0.5) is 10.6 Å². The number of amides is 1. The summed E-state index contributed by atoms with van der Waals surface area (Å²) in [6, 6.07) is 2.13. The topological polar surface area (TPSA) is 129 Å². The van der Waals surface area contributed by atoms with Gasteiger partial charge >= 0.3 is 6.09 Å². The molecule has 3 N–H and O–H groups in total. The summed E-state index contributed by atoms with van der Waals surface area (Å²) in [5, 5.41) is 3.80. The Hall–Kier alpha value is -2.40. The van der Waals surface area contributed by atoms with E-state index in [9.17, 15) is 13.2 Å².